The Bertz CT molecular complexity index is 303. The van der Waals surface area contributed by atoms with Crippen LogP contribution in [0.15, 0.2) is 4.52 Å². The number of hydrogen-bond donors (Lipinski definition) is 1. The van der Waals surface area contributed by atoms with Crippen LogP contribution in [-0.4, -0.2) is 18.8 Å². The maximum Gasteiger partial charge on any atom is 0.315 e. The third-order valence-electron chi connectivity index (χ3n) is 2.72. The molecule has 0 aromatic carbocycles. The molecule has 0 amide bonds. The van der Waals surface area contributed by atoms with Crippen molar-refractivity contribution in [2.75, 3.05) is 13.7 Å². The van der Waals surface area contributed by atoms with Crippen LogP contribution in [0, 0.1) is 6.92 Å². The Kier molecular flexibility index (Phi) is 2.72. The molecule has 1 aromatic rings. The SMILES string of the molecule is COc1onc(C)c1C1CCCCN1. The summed E-state index contributed by atoms with van der Waals surface area (Å²) >= 11 is 0. The van der Waals surface area contributed by atoms with Gasteiger partial charge < -0.3 is 14.6 Å². The lowest BCUT2D eigenvalue weighted by Crippen LogP contribution is -2.27. The van der Waals surface area contributed by atoms with Crippen LogP contribution in [0.5, 0.6) is 5.95 Å². The third kappa shape index (κ3) is 1.62. The van der Waals surface area contributed by atoms with E-state index >= 15 is 0 Å². The Morgan fingerprint density at radius 2 is 2.36 bits per heavy atom. The summed E-state index contributed by atoms with van der Waals surface area (Å²) in [4.78, 5) is 0. The van der Waals surface area contributed by atoms with Crippen molar-refractivity contribution >= 4 is 0 Å². The maximum atomic E-state index is 5.15. The molecule has 2 heterocycles. The molecule has 4 nitrogen and oxygen atoms in total. The zero-order valence-corrected chi connectivity index (χ0v) is 8.67. The van der Waals surface area contributed by atoms with Crippen molar-refractivity contribution in [3.05, 3.63) is 11.3 Å². The van der Waals surface area contributed by atoms with Crippen molar-refractivity contribution in [2.45, 2.75) is 32.2 Å². The van der Waals surface area contributed by atoms with Gasteiger partial charge in [-0.25, -0.2) is 0 Å². The summed E-state index contributed by atoms with van der Waals surface area (Å²) in [5, 5.41) is 7.38. The molecule has 4 heteroatoms. The maximum absolute atomic E-state index is 5.15. The third-order valence-corrected chi connectivity index (χ3v) is 2.72. The minimum Gasteiger partial charge on any atom is -0.467 e. The molecule has 1 N–H and O–H groups in total. The van der Waals surface area contributed by atoms with Crippen LogP contribution >= 0.6 is 0 Å². The molecule has 0 radical (unpaired) electrons. The van der Waals surface area contributed by atoms with Gasteiger partial charge in [0.05, 0.1) is 18.4 Å². The van der Waals surface area contributed by atoms with E-state index in [1.807, 2.05) is 6.92 Å². The van der Waals surface area contributed by atoms with E-state index in [-0.39, 0.29) is 0 Å². The van der Waals surface area contributed by atoms with E-state index in [4.69, 9.17) is 9.26 Å². The van der Waals surface area contributed by atoms with Gasteiger partial charge in [-0.1, -0.05) is 11.6 Å². The Morgan fingerprint density at radius 3 is 3.00 bits per heavy atom. The molecule has 0 bridgehead atoms. The standard InChI is InChI=1S/C10H16N2O2/c1-7-9(10(13-2)14-12-7)8-5-3-4-6-11-8/h8,11H,3-6H2,1-2H3. The van der Waals surface area contributed by atoms with E-state index < -0.39 is 0 Å². The summed E-state index contributed by atoms with van der Waals surface area (Å²) in [6, 6.07) is 0.352. The Morgan fingerprint density at radius 1 is 1.50 bits per heavy atom. The predicted octanol–water partition coefficient (Wildman–Crippen LogP) is 1.81. The van der Waals surface area contributed by atoms with Gasteiger partial charge in [0.1, 0.15) is 0 Å². The fraction of sp³-hybridized carbons (Fsp3) is 0.700. The van der Waals surface area contributed by atoms with Crippen LogP contribution in [0.1, 0.15) is 36.6 Å². The quantitative estimate of drug-likeness (QED) is 0.783. The number of nitrogens with one attached hydrogen (secondary N) is 1. The Balaban J connectivity index is 2.23. The van der Waals surface area contributed by atoms with E-state index in [0.717, 1.165) is 24.2 Å². The minimum atomic E-state index is 0.352. The Hall–Kier alpha value is -1.03. The van der Waals surface area contributed by atoms with Crippen molar-refractivity contribution in [2.24, 2.45) is 0 Å². The van der Waals surface area contributed by atoms with Gasteiger partial charge in [0.15, 0.2) is 0 Å². The molecular formula is C10H16N2O2. The normalized spacial score (nSPS) is 22.3. The van der Waals surface area contributed by atoms with Crippen LogP contribution < -0.4 is 10.1 Å². The van der Waals surface area contributed by atoms with E-state index in [2.05, 4.69) is 10.5 Å². The van der Waals surface area contributed by atoms with E-state index in [0.29, 0.717) is 12.0 Å². The first-order chi connectivity index (χ1) is 6.83. The number of rotatable bonds is 2. The lowest BCUT2D eigenvalue weighted by Gasteiger charge is -2.22. The number of methoxy groups -OCH3 is 1. The summed E-state index contributed by atoms with van der Waals surface area (Å²) < 4.78 is 10.2. The number of aromatic nitrogens is 1. The van der Waals surface area contributed by atoms with Crippen molar-refractivity contribution in [3.63, 3.8) is 0 Å². The Labute approximate surface area is 83.6 Å². The molecule has 1 aromatic heterocycles. The van der Waals surface area contributed by atoms with Crippen molar-refractivity contribution in [1.29, 1.82) is 0 Å². The minimum absolute atomic E-state index is 0.352. The fourth-order valence-electron chi connectivity index (χ4n) is 2.00. The average molecular weight is 196 g/mol. The summed E-state index contributed by atoms with van der Waals surface area (Å²) in [6.07, 6.45) is 3.65. The summed E-state index contributed by atoms with van der Waals surface area (Å²) in [6.45, 7) is 3.02. The van der Waals surface area contributed by atoms with Crippen LogP contribution in [0.25, 0.3) is 0 Å². The highest BCUT2D eigenvalue weighted by atomic mass is 16.6. The van der Waals surface area contributed by atoms with E-state index in [1.54, 1.807) is 7.11 Å². The molecule has 14 heavy (non-hydrogen) atoms. The van der Waals surface area contributed by atoms with Gasteiger partial charge in [0.2, 0.25) is 0 Å². The smallest absolute Gasteiger partial charge is 0.315 e. The first kappa shape index (κ1) is 9.52. The van der Waals surface area contributed by atoms with Crippen LogP contribution in [0.4, 0.5) is 0 Å². The van der Waals surface area contributed by atoms with Crippen LogP contribution in [0.2, 0.25) is 0 Å². The highest BCUT2D eigenvalue weighted by Gasteiger charge is 2.24. The lowest BCUT2D eigenvalue weighted by atomic mass is 9.98. The largest absolute Gasteiger partial charge is 0.467 e. The molecule has 0 aliphatic carbocycles. The van der Waals surface area contributed by atoms with Gasteiger partial charge in [-0.2, -0.15) is 0 Å². The van der Waals surface area contributed by atoms with E-state index in [9.17, 15) is 0 Å². The topological polar surface area (TPSA) is 47.3 Å². The second kappa shape index (κ2) is 4.00. The van der Waals surface area contributed by atoms with Crippen molar-refractivity contribution in [1.82, 2.24) is 10.5 Å². The van der Waals surface area contributed by atoms with E-state index in [1.165, 1.54) is 12.8 Å². The van der Waals surface area contributed by atoms with Crippen molar-refractivity contribution in [3.8, 4) is 5.95 Å². The molecule has 1 atom stereocenters. The number of hydrogen-bond acceptors (Lipinski definition) is 4. The molecule has 1 unspecified atom stereocenters. The molecule has 1 aliphatic heterocycles. The summed E-state index contributed by atoms with van der Waals surface area (Å²) in [7, 11) is 1.62. The average Bonchev–Trinajstić information content (AvgIpc) is 2.61. The number of ether oxygens (including phenoxy) is 1. The van der Waals surface area contributed by atoms with Gasteiger partial charge >= 0.3 is 5.95 Å². The van der Waals surface area contributed by atoms with Gasteiger partial charge in [0.25, 0.3) is 0 Å². The molecule has 1 aliphatic rings. The molecule has 0 spiro atoms. The monoisotopic (exact) mass is 196 g/mol. The predicted molar refractivity (Wildman–Crippen MR) is 52.4 cm³/mol. The lowest BCUT2D eigenvalue weighted by molar-refractivity contribution is 0.252. The van der Waals surface area contributed by atoms with Gasteiger partial charge in [0, 0.05) is 6.04 Å². The zero-order valence-electron chi connectivity index (χ0n) is 8.67. The first-order valence-electron chi connectivity index (χ1n) is 5.06. The summed E-state index contributed by atoms with van der Waals surface area (Å²) in [5.41, 5.74) is 2.02. The molecule has 1 saturated heterocycles. The second-order valence-corrected chi connectivity index (χ2v) is 3.68. The molecular weight excluding hydrogens is 180 g/mol. The summed E-state index contributed by atoms with van der Waals surface area (Å²) in [5.74, 6) is 0.557. The molecule has 78 valence electrons. The van der Waals surface area contributed by atoms with Crippen LogP contribution in [-0.2, 0) is 0 Å². The van der Waals surface area contributed by atoms with Gasteiger partial charge in [-0.15, -0.1) is 0 Å². The molecule has 1 fully saturated rings. The van der Waals surface area contributed by atoms with Crippen LogP contribution in [0.3, 0.4) is 0 Å². The highest BCUT2D eigenvalue weighted by molar-refractivity contribution is 5.30. The van der Waals surface area contributed by atoms with Gasteiger partial charge in [-0.05, 0) is 26.3 Å². The highest BCUT2D eigenvalue weighted by Crippen LogP contribution is 2.32. The van der Waals surface area contributed by atoms with Crippen molar-refractivity contribution < 1.29 is 9.26 Å². The number of aryl methyl sites for hydroxylation is 1. The number of nitrogens with zero attached hydrogens (tertiary/aromatic N) is 1. The first-order valence-corrected chi connectivity index (χ1v) is 5.06. The molecule has 2 rings (SSSR count). The van der Waals surface area contributed by atoms with Gasteiger partial charge in [-0.3, -0.25) is 0 Å². The number of piperidine rings is 1. The fourth-order valence-corrected chi connectivity index (χ4v) is 2.00. The zero-order chi connectivity index (χ0) is 9.97. The second-order valence-electron chi connectivity index (χ2n) is 3.68. The molecule has 0 saturated carbocycles.